The molecule has 0 heterocycles. The summed E-state index contributed by atoms with van der Waals surface area (Å²) in [5.41, 5.74) is 0.594. The summed E-state index contributed by atoms with van der Waals surface area (Å²) in [5, 5.41) is 8.91. The average Bonchev–Trinajstić information content (AvgIpc) is 2.47. The summed E-state index contributed by atoms with van der Waals surface area (Å²) in [5.74, 6) is -2.76. The highest BCUT2D eigenvalue weighted by atomic mass is 19.3. The molecular formula is C17H15F2NO. The van der Waals surface area contributed by atoms with Crippen molar-refractivity contribution < 1.29 is 13.5 Å². The van der Waals surface area contributed by atoms with Crippen LogP contribution < -0.4 is 4.74 Å². The molecule has 0 aromatic heterocycles. The molecule has 0 radical (unpaired) electrons. The Morgan fingerprint density at radius 1 is 1.14 bits per heavy atom. The summed E-state index contributed by atoms with van der Waals surface area (Å²) >= 11 is 0. The highest BCUT2D eigenvalue weighted by molar-refractivity contribution is 5.45. The maximum Gasteiger partial charge on any atom is 0.271 e. The van der Waals surface area contributed by atoms with Gasteiger partial charge in [-0.1, -0.05) is 30.3 Å². The normalized spacial score (nSPS) is 12.5. The maximum absolute atomic E-state index is 13.5. The first kappa shape index (κ1) is 15.0. The first-order valence-corrected chi connectivity index (χ1v) is 6.56. The van der Waals surface area contributed by atoms with Gasteiger partial charge in [0.05, 0.1) is 11.6 Å². The highest BCUT2D eigenvalue weighted by Gasteiger charge is 2.28. The molecule has 2 aromatic carbocycles. The third-order valence-corrected chi connectivity index (χ3v) is 3.17. The molecule has 2 rings (SSSR count). The van der Waals surface area contributed by atoms with Crippen LogP contribution in [0, 0.1) is 11.3 Å². The van der Waals surface area contributed by atoms with Crippen LogP contribution in [0.2, 0.25) is 0 Å². The molecular weight excluding hydrogens is 272 g/mol. The topological polar surface area (TPSA) is 33.0 Å². The van der Waals surface area contributed by atoms with Crippen molar-refractivity contribution in [2.45, 2.75) is 25.9 Å². The van der Waals surface area contributed by atoms with Crippen molar-refractivity contribution in [3.05, 3.63) is 65.2 Å². The zero-order valence-corrected chi connectivity index (χ0v) is 11.8. The van der Waals surface area contributed by atoms with Crippen LogP contribution in [0.25, 0.3) is 0 Å². The van der Waals surface area contributed by atoms with Gasteiger partial charge in [0.15, 0.2) is 0 Å². The third-order valence-electron chi connectivity index (χ3n) is 3.17. The highest BCUT2D eigenvalue weighted by Crippen LogP contribution is 2.33. The van der Waals surface area contributed by atoms with E-state index >= 15 is 0 Å². The minimum Gasteiger partial charge on any atom is -0.486 e. The molecule has 0 spiro atoms. The molecule has 4 heteroatoms. The summed E-state index contributed by atoms with van der Waals surface area (Å²) in [4.78, 5) is 0. The Hall–Kier alpha value is -2.41. The van der Waals surface area contributed by atoms with Crippen LogP contribution in [0.3, 0.4) is 0 Å². The van der Waals surface area contributed by atoms with E-state index in [1.54, 1.807) is 6.07 Å². The van der Waals surface area contributed by atoms with Crippen LogP contribution in [0.5, 0.6) is 5.75 Å². The number of hydrogen-bond acceptors (Lipinski definition) is 2. The molecule has 108 valence electrons. The van der Waals surface area contributed by atoms with Crippen LogP contribution in [0.1, 0.15) is 36.6 Å². The van der Waals surface area contributed by atoms with Gasteiger partial charge in [0.2, 0.25) is 0 Å². The van der Waals surface area contributed by atoms with Crippen molar-refractivity contribution in [1.82, 2.24) is 0 Å². The predicted molar refractivity (Wildman–Crippen MR) is 76.2 cm³/mol. The van der Waals surface area contributed by atoms with Crippen LogP contribution in [-0.4, -0.2) is 0 Å². The lowest BCUT2D eigenvalue weighted by molar-refractivity contribution is 0.0168. The smallest absolute Gasteiger partial charge is 0.271 e. The molecule has 0 amide bonds. The van der Waals surface area contributed by atoms with Gasteiger partial charge in [0.25, 0.3) is 5.92 Å². The zero-order chi connectivity index (χ0) is 15.5. The predicted octanol–water partition coefficient (Wildman–Crippen LogP) is 4.81. The van der Waals surface area contributed by atoms with Crippen molar-refractivity contribution in [2.24, 2.45) is 0 Å². The van der Waals surface area contributed by atoms with Crippen molar-refractivity contribution in [3.8, 4) is 11.8 Å². The first-order valence-electron chi connectivity index (χ1n) is 6.56. The summed E-state index contributed by atoms with van der Waals surface area (Å²) in [6.07, 6.45) is -0.266. The van der Waals surface area contributed by atoms with Gasteiger partial charge in [-0.3, -0.25) is 0 Å². The first-order chi connectivity index (χ1) is 9.91. The van der Waals surface area contributed by atoms with Gasteiger partial charge in [-0.25, -0.2) is 8.78 Å². The molecule has 2 nitrogen and oxygen atoms in total. The van der Waals surface area contributed by atoms with E-state index in [0.29, 0.717) is 5.75 Å². The van der Waals surface area contributed by atoms with Crippen LogP contribution >= 0.6 is 0 Å². The van der Waals surface area contributed by atoms with E-state index in [4.69, 9.17) is 10.00 Å². The van der Waals surface area contributed by atoms with Gasteiger partial charge in [-0.05, 0) is 30.7 Å². The minimum absolute atomic E-state index is 0.0396. The van der Waals surface area contributed by atoms with Gasteiger partial charge in [0, 0.05) is 12.5 Å². The Morgan fingerprint density at radius 2 is 1.81 bits per heavy atom. The Balaban J connectivity index is 2.28. The molecule has 2 aromatic rings. The molecule has 0 N–H and O–H groups in total. The fourth-order valence-electron chi connectivity index (χ4n) is 2.05. The van der Waals surface area contributed by atoms with Crippen LogP contribution in [-0.2, 0) is 5.92 Å². The molecule has 0 saturated heterocycles. The van der Waals surface area contributed by atoms with E-state index < -0.39 is 5.92 Å². The number of halogens is 2. The molecule has 0 fully saturated rings. The molecule has 0 aliphatic heterocycles. The van der Waals surface area contributed by atoms with Gasteiger partial charge in [-0.2, -0.15) is 5.26 Å². The Bertz CT molecular complexity index is 657. The van der Waals surface area contributed by atoms with E-state index in [1.807, 2.05) is 37.3 Å². The van der Waals surface area contributed by atoms with Crippen LogP contribution in [0.15, 0.2) is 48.5 Å². The largest absolute Gasteiger partial charge is 0.486 e. The number of alkyl halides is 2. The third kappa shape index (κ3) is 3.57. The zero-order valence-electron chi connectivity index (χ0n) is 11.8. The van der Waals surface area contributed by atoms with E-state index in [0.717, 1.165) is 12.5 Å². The second-order valence-corrected chi connectivity index (χ2v) is 4.88. The van der Waals surface area contributed by atoms with Crippen LogP contribution in [0.4, 0.5) is 8.78 Å². The lowest BCUT2D eigenvalue weighted by atomic mass is 10.0. The molecule has 1 unspecified atom stereocenters. The molecule has 0 bridgehead atoms. The molecule has 21 heavy (non-hydrogen) atoms. The standard InChI is InChI=1S/C17H15F2NO/c1-12(13-6-4-3-5-7-13)21-15-9-8-14(11-20)16(10-15)17(2,18)19/h3-10,12H,1-2H3. The number of rotatable bonds is 4. The van der Waals surface area contributed by atoms with E-state index in [9.17, 15) is 8.78 Å². The molecule has 1 atom stereocenters. The SMILES string of the molecule is CC(Oc1ccc(C#N)c(C(C)(F)F)c1)c1ccccc1. The van der Waals surface area contributed by atoms with Gasteiger partial charge < -0.3 is 4.74 Å². The Morgan fingerprint density at radius 3 is 2.38 bits per heavy atom. The lowest BCUT2D eigenvalue weighted by Gasteiger charge is -2.18. The summed E-state index contributed by atoms with van der Waals surface area (Å²) < 4.78 is 32.8. The summed E-state index contributed by atoms with van der Waals surface area (Å²) in [6.45, 7) is 2.62. The Labute approximate surface area is 122 Å². The van der Waals surface area contributed by atoms with Gasteiger partial charge in [-0.15, -0.1) is 0 Å². The fourth-order valence-corrected chi connectivity index (χ4v) is 2.05. The average molecular weight is 287 g/mol. The lowest BCUT2D eigenvalue weighted by Crippen LogP contribution is -2.11. The fraction of sp³-hybridized carbons (Fsp3) is 0.235. The maximum atomic E-state index is 13.5. The van der Waals surface area contributed by atoms with Crippen molar-refractivity contribution in [2.75, 3.05) is 0 Å². The summed E-state index contributed by atoms with van der Waals surface area (Å²) in [7, 11) is 0. The minimum atomic E-state index is -3.08. The molecule has 0 saturated carbocycles. The number of nitriles is 1. The van der Waals surface area contributed by atoms with Crippen molar-refractivity contribution >= 4 is 0 Å². The van der Waals surface area contributed by atoms with Gasteiger partial charge >= 0.3 is 0 Å². The molecule has 0 aliphatic carbocycles. The number of nitrogens with zero attached hydrogens (tertiary/aromatic N) is 1. The quantitative estimate of drug-likeness (QED) is 0.808. The van der Waals surface area contributed by atoms with E-state index in [2.05, 4.69) is 0 Å². The molecule has 0 aliphatic rings. The van der Waals surface area contributed by atoms with E-state index in [-0.39, 0.29) is 17.2 Å². The monoisotopic (exact) mass is 287 g/mol. The van der Waals surface area contributed by atoms with E-state index in [1.165, 1.54) is 18.2 Å². The number of hydrogen-bond donors (Lipinski definition) is 0. The second kappa shape index (κ2) is 5.92. The van der Waals surface area contributed by atoms with Crippen molar-refractivity contribution in [1.29, 1.82) is 5.26 Å². The number of ether oxygens (including phenoxy) is 1. The van der Waals surface area contributed by atoms with Crippen molar-refractivity contribution in [3.63, 3.8) is 0 Å². The summed E-state index contributed by atoms with van der Waals surface area (Å²) in [6, 6.07) is 15.4. The second-order valence-electron chi connectivity index (χ2n) is 4.88. The van der Waals surface area contributed by atoms with Gasteiger partial charge in [0.1, 0.15) is 11.9 Å². The number of benzene rings is 2. The Kier molecular flexibility index (Phi) is 4.23.